The van der Waals surface area contributed by atoms with E-state index in [9.17, 15) is 9.59 Å². The number of rotatable bonds is 5. The molecule has 0 aliphatic carbocycles. The summed E-state index contributed by atoms with van der Waals surface area (Å²) in [6.45, 7) is 4.58. The van der Waals surface area contributed by atoms with Gasteiger partial charge < -0.3 is 23.8 Å². The quantitative estimate of drug-likeness (QED) is 0.748. The van der Waals surface area contributed by atoms with Crippen LogP contribution >= 0.6 is 0 Å². The Balaban J connectivity index is 1.39. The average molecular weight is 413 g/mol. The van der Waals surface area contributed by atoms with Gasteiger partial charge in [0.25, 0.3) is 5.91 Å². The summed E-state index contributed by atoms with van der Waals surface area (Å²) in [6, 6.07) is 7.02. The van der Waals surface area contributed by atoms with Gasteiger partial charge >= 0.3 is 0 Å². The predicted octanol–water partition coefficient (Wildman–Crippen LogP) is 2.31. The number of amides is 2. The Morgan fingerprint density at radius 3 is 2.43 bits per heavy atom. The van der Waals surface area contributed by atoms with Crippen LogP contribution in [0.5, 0.6) is 11.5 Å². The van der Waals surface area contributed by atoms with Gasteiger partial charge in [-0.05, 0) is 38.0 Å². The monoisotopic (exact) mass is 413 g/mol. The number of hydrogen-bond acceptors (Lipinski definition) is 6. The third-order valence-corrected chi connectivity index (χ3v) is 6.15. The zero-order chi connectivity index (χ0) is 21.3. The topological polar surface area (TPSA) is 85.1 Å². The highest BCUT2D eigenvalue weighted by Gasteiger charge is 2.46. The van der Waals surface area contributed by atoms with Crippen LogP contribution in [0.2, 0.25) is 0 Å². The first-order valence-electron chi connectivity index (χ1n) is 10.1. The fraction of sp³-hybridized carbons (Fsp3) is 0.500. The summed E-state index contributed by atoms with van der Waals surface area (Å²) < 4.78 is 15.7. The van der Waals surface area contributed by atoms with Crippen LogP contribution in [0, 0.1) is 12.3 Å². The first kappa shape index (κ1) is 20.3. The minimum atomic E-state index is -0.0286. The Morgan fingerprint density at radius 2 is 1.77 bits per heavy atom. The van der Waals surface area contributed by atoms with Crippen LogP contribution in [0.1, 0.15) is 34.7 Å². The summed E-state index contributed by atoms with van der Waals surface area (Å²) in [5, 5.41) is 3.84. The molecular formula is C22H27N3O5. The van der Waals surface area contributed by atoms with E-state index in [4.69, 9.17) is 14.0 Å². The molecular weight excluding hydrogens is 386 g/mol. The summed E-state index contributed by atoms with van der Waals surface area (Å²) in [5.74, 6) is 1.76. The van der Waals surface area contributed by atoms with Gasteiger partial charge in [0.2, 0.25) is 5.91 Å². The fourth-order valence-corrected chi connectivity index (χ4v) is 4.50. The van der Waals surface area contributed by atoms with Crippen molar-refractivity contribution in [3.05, 3.63) is 41.3 Å². The second-order valence-corrected chi connectivity index (χ2v) is 8.22. The molecule has 0 bridgehead atoms. The summed E-state index contributed by atoms with van der Waals surface area (Å²) in [4.78, 5) is 29.5. The van der Waals surface area contributed by atoms with Crippen LogP contribution in [0.15, 0.2) is 28.8 Å². The van der Waals surface area contributed by atoms with Gasteiger partial charge in [-0.1, -0.05) is 5.16 Å². The van der Waals surface area contributed by atoms with Gasteiger partial charge in [0.1, 0.15) is 5.76 Å². The van der Waals surface area contributed by atoms with E-state index < -0.39 is 0 Å². The van der Waals surface area contributed by atoms with E-state index in [0.29, 0.717) is 49.0 Å². The molecule has 8 heteroatoms. The zero-order valence-electron chi connectivity index (χ0n) is 17.6. The maximum atomic E-state index is 13.0. The number of hydrogen-bond donors (Lipinski definition) is 0. The van der Waals surface area contributed by atoms with Crippen molar-refractivity contribution in [3.63, 3.8) is 0 Å². The number of ether oxygens (including phenoxy) is 2. The third-order valence-electron chi connectivity index (χ3n) is 6.15. The molecule has 2 aliphatic heterocycles. The number of likely N-dealkylation sites (tertiary alicyclic amines) is 2. The molecule has 2 saturated heterocycles. The third kappa shape index (κ3) is 3.86. The molecule has 8 nitrogen and oxygen atoms in total. The SMILES string of the molecule is COc1ccc(C(=O)N2CCC3(CCN(C(=O)Cc4cc(C)no4)C3)C2)cc1OC. The van der Waals surface area contributed by atoms with Crippen LogP contribution in [0.3, 0.4) is 0 Å². The van der Waals surface area contributed by atoms with Gasteiger partial charge in [0.05, 0.1) is 26.3 Å². The molecule has 4 rings (SSSR count). The van der Waals surface area contributed by atoms with Gasteiger partial charge in [-0.25, -0.2) is 0 Å². The maximum Gasteiger partial charge on any atom is 0.254 e. The lowest BCUT2D eigenvalue weighted by Gasteiger charge is -2.25. The first-order chi connectivity index (χ1) is 14.4. The Kier molecular flexibility index (Phi) is 5.40. The van der Waals surface area contributed by atoms with E-state index in [1.165, 1.54) is 0 Å². The molecule has 0 N–H and O–H groups in total. The molecule has 1 unspecified atom stereocenters. The highest BCUT2D eigenvalue weighted by Crippen LogP contribution is 2.40. The lowest BCUT2D eigenvalue weighted by Crippen LogP contribution is -2.36. The molecule has 2 fully saturated rings. The van der Waals surface area contributed by atoms with Crippen molar-refractivity contribution in [3.8, 4) is 11.5 Å². The molecule has 2 amide bonds. The molecule has 2 aliphatic rings. The van der Waals surface area contributed by atoms with Crippen molar-refractivity contribution in [2.24, 2.45) is 5.41 Å². The van der Waals surface area contributed by atoms with Crippen molar-refractivity contribution in [1.29, 1.82) is 0 Å². The highest BCUT2D eigenvalue weighted by atomic mass is 16.5. The van der Waals surface area contributed by atoms with Gasteiger partial charge in [0, 0.05) is 43.2 Å². The lowest BCUT2D eigenvalue weighted by atomic mass is 9.86. The number of aromatic nitrogens is 1. The largest absolute Gasteiger partial charge is 0.493 e. The number of aryl methyl sites for hydroxylation is 1. The molecule has 0 radical (unpaired) electrons. The number of nitrogens with zero attached hydrogens (tertiary/aromatic N) is 3. The van der Waals surface area contributed by atoms with Gasteiger partial charge in [-0.2, -0.15) is 0 Å². The molecule has 1 spiro atoms. The Hall–Kier alpha value is -3.03. The molecule has 1 aromatic carbocycles. The van der Waals surface area contributed by atoms with Gasteiger partial charge in [-0.3, -0.25) is 9.59 Å². The first-order valence-corrected chi connectivity index (χ1v) is 10.1. The molecule has 160 valence electrons. The van der Waals surface area contributed by atoms with Crippen LogP contribution < -0.4 is 9.47 Å². The van der Waals surface area contributed by atoms with Crippen LogP contribution in [-0.4, -0.2) is 67.2 Å². The lowest BCUT2D eigenvalue weighted by molar-refractivity contribution is -0.130. The Morgan fingerprint density at radius 1 is 1.07 bits per heavy atom. The van der Waals surface area contributed by atoms with Crippen LogP contribution in [0.4, 0.5) is 0 Å². The van der Waals surface area contributed by atoms with Crippen molar-refractivity contribution >= 4 is 11.8 Å². The van der Waals surface area contributed by atoms with E-state index in [-0.39, 0.29) is 23.7 Å². The van der Waals surface area contributed by atoms with Crippen LogP contribution in [-0.2, 0) is 11.2 Å². The summed E-state index contributed by atoms with van der Waals surface area (Å²) in [7, 11) is 3.13. The number of carbonyl (C=O) groups excluding carboxylic acids is 2. The second-order valence-electron chi connectivity index (χ2n) is 8.22. The minimum absolute atomic E-state index is 0.0188. The van der Waals surface area contributed by atoms with E-state index in [1.807, 2.05) is 16.7 Å². The zero-order valence-corrected chi connectivity index (χ0v) is 17.6. The molecule has 1 aromatic heterocycles. The summed E-state index contributed by atoms with van der Waals surface area (Å²) >= 11 is 0. The smallest absolute Gasteiger partial charge is 0.254 e. The summed E-state index contributed by atoms with van der Waals surface area (Å²) in [5.41, 5.74) is 1.33. The standard InChI is InChI=1S/C22H27N3O5/c1-15-10-17(30-23-15)12-20(26)24-8-6-22(13-24)7-9-25(14-22)21(27)16-4-5-18(28-2)19(11-16)29-3/h4-5,10-11H,6-9,12-14H2,1-3H3. The molecule has 2 aromatic rings. The number of benzene rings is 1. The number of methoxy groups -OCH3 is 2. The van der Waals surface area contributed by atoms with Crippen LogP contribution in [0.25, 0.3) is 0 Å². The van der Waals surface area contributed by atoms with E-state index >= 15 is 0 Å². The predicted molar refractivity (Wildman–Crippen MR) is 109 cm³/mol. The molecule has 30 heavy (non-hydrogen) atoms. The second kappa shape index (κ2) is 8.01. The molecule has 0 saturated carbocycles. The fourth-order valence-electron chi connectivity index (χ4n) is 4.50. The van der Waals surface area contributed by atoms with Crippen molar-refractivity contribution in [2.45, 2.75) is 26.2 Å². The molecule has 1 atom stereocenters. The summed E-state index contributed by atoms with van der Waals surface area (Å²) in [6.07, 6.45) is 2.03. The maximum absolute atomic E-state index is 13.0. The van der Waals surface area contributed by atoms with E-state index in [2.05, 4.69) is 5.16 Å². The Labute approximate surface area is 175 Å². The van der Waals surface area contributed by atoms with Crippen molar-refractivity contribution < 1.29 is 23.6 Å². The minimum Gasteiger partial charge on any atom is -0.493 e. The molecule has 3 heterocycles. The van der Waals surface area contributed by atoms with E-state index in [0.717, 1.165) is 18.5 Å². The van der Waals surface area contributed by atoms with Gasteiger partial charge in [-0.15, -0.1) is 0 Å². The van der Waals surface area contributed by atoms with E-state index in [1.54, 1.807) is 38.5 Å². The normalized spacial score (nSPS) is 20.8. The number of carbonyl (C=O) groups is 2. The Bertz CT molecular complexity index is 956. The van der Waals surface area contributed by atoms with Crippen molar-refractivity contribution in [1.82, 2.24) is 15.0 Å². The van der Waals surface area contributed by atoms with Crippen molar-refractivity contribution in [2.75, 3.05) is 40.4 Å². The highest BCUT2D eigenvalue weighted by molar-refractivity contribution is 5.95. The average Bonchev–Trinajstić information content (AvgIpc) is 3.48. The van der Waals surface area contributed by atoms with Gasteiger partial charge in [0.15, 0.2) is 11.5 Å².